The van der Waals surface area contributed by atoms with Gasteiger partial charge in [0.1, 0.15) is 0 Å². The molecule has 2 aromatic carbocycles. The van der Waals surface area contributed by atoms with Gasteiger partial charge < -0.3 is 5.32 Å². The highest BCUT2D eigenvalue weighted by molar-refractivity contribution is 6.12. The molecule has 0 aliphatic rings. The maximum Gasteiger partial charge on any atom is 0.221 e. The first-order valence-electron chi connectivity index (χ1n) is 6.72. The second-order valence-electron chi connectivity index (χ2n) is 4.84. The lowest BCUT2D eigenvalue weighted by molar-refractivity contribution is -0.114. The van der Waals surface area contributed by atoms with Crippen molar-refractivity contribution in [3.63, 3.8) is 0 Å². The minimum atomic E-state index is -0.193. The number of anilines is 1. The van der Waals surface area contributed by atoms with Crippen LogP contribution in [0.4, 0.5) is 5.69 Å². The Kier molecular flexibility index (Phi) is 4.67. The van der Waals surface area contributed by atoms with E-state index in [-0.39, 0.29) is 11.7 Å². The molecule has 21 heavy (non-hydrogen) atoms. The minimum Gasteiger partial charge on any atom is -0.326 e. The van der Waals surface area contributed by atoms with Gasteiger partial charge in [-0.05, 0) is 36.3 Å². The second kappa shape index (κ2) is 6.66. The lowest BCUT2D eigenvalue weighted by Gasteiger charge is -2.08. The van der Waals surface area contributed by atoms with E-state index >= 15 is 0 Å². The molecule has 106 valence electrons. The zero-order valence-corrected chi connectivity index (χ0v) is 12.1. The van der Waals surface area contributed by atoms with Crippen molar-refractivity contribution in [1.29, 1.82) is 0 Å². The smallest absolute Gasteiger partial charge is 0.221 e. The van der Waals surface area contributed by atoms with Gasteiger partial charge in [-0.3, -0.25) is 9.59 Å². The highest BCUT2D eigenvalue weighted by atomic mass is 16.1. The summed E-state index contributed by atoms with van der Waals surface area (Å²) in [6.07, 6.45) is 3.28. The summed E-state index contributed by atoms with van der Waals surface area (Å²) in [4.78, 5) is 23.5. The first-order valence-corrected chi connectivity index (χ1v) is 6.72. The minimum absolute atomic E-state index is 0.136. The van der Waals surface area contributed by atoms with Crippen molar-refractivity contribution in [3.05, 3.63) is 71.3 Å². The fourth-order valence-electron chi connectivity index (χ4n) is 1.99. The van der Waals surface area contributed by atoms with Crippen LogP contribution in [0.1, 0.15) is 28.4 Å². The lowest BCUT2D eigenvalue weighted by Crippen LogP contribution is -2.10. The molecular formula is C18H17NO2. The number of rotatable bonds is 4. The SMILES string of the molecule is CC(=O)Nc1cc(C)ccc1C(=O)/C=C/c1ccccc1. The van der Waals surface area contributed by atoms with E-state index in [9.17, 15) is 9.59 Å². The summed E-state index contributed by atoms with van der Waals surface area (Å²) in [5.41, 5.74) is 2.98. The number of amides is 1. The van der Waals surface area contributed by atoms with Gasteiger partial charge in [0.2, 0.25) is 5.91 Å². The molecule has 0 aliphatic carbocycles. The average molecular weight is 279 g/mol. The molecule has 0 unspecified atom stereocenters. The van der Waals surface area contributed by atoms with E-state index in [1.165, 1.54) is 13.0 Å². The number of aryl methyl sites for hydroxylation is 1. The third-order valence-corrected chi connectivity index (χ3v) is 2.98. The molecule has 0 spiro atoms. The van der Waals surface area contributed by atoms with Crippen LogP contribution >= 0.6 is 0 Å². The van der Waals surface area contributed by atoms with Crippen LogP contribution in [0.2, 0.25) is 0 Å². The van der Waals surface area contributed by atoms with Crippen LogP contribution in [0, 0.1) is 6.92 Å². The highest BCUT2D eigenvalue weighted by Crippen LogP contribution is 2.19. The van der Waals surface area contributed by atoms with E-state index in [0.717, 1.165) is 11.1 Å². The van der Waals surface area contributed by atoms with Gasteiger partial charge in [0.05, 0.1) is 5.69 Å². The van der Waals surface area contributed by atoms with Crippen LogP contribution in [0.3, 0.4) is 0 Å². The van der Waals surface area contributed by atoms with Crippen LogP contribution < -0.4 is 5.32 Å². The molecule has 2 aromatic rings. The van der Waals surface area contributed by atoms with E-state index in [2.05, 4.69) is 5.32 Å². The van der Waals surface area contributed by atoms with Crippen LogP contribution in [-0.4, -0.2) is 11.7 Å². The fraction of sp³-hybridized carbons (Fsp3) is 0.111. The van der Waals surface area contributed by atoms with Crippen LogP contribution in [-0.2, 0) is 4.79 Å². The van der Waals surface area contributed by atoms with E-state index in [0.29, 0.717) is 11.3 Å². The normalized spacial score (nSPS) is 10.6. The van der Waals surface area contributed by atoms with Crippen molar-refractivity contribution in [1.82, 2.24) is 0 Å². The van der Waals surface area contributed by atoms with Gasteiger partial charge in [0.25, 0.3) is 0 Å². The predicted octanol–water partition coefficient (Wildman–Crippen LogP) is 3.85. The molecule has 1 amide bonds. The molecule has 0 saturated heterocycles. The van der Waals surface area contributed by atoms with Crippen molar-refractivity contribution >= 4 is 23.5 Å². The van der Waals surface area contributed by atoms with Gasteiger partial charge in [-0.15, -0.1) is 0 Å². The monoisotopic (exact) mass is 279 g/mol. The molecule has 0 aliphatic heterocycles. The summed E-state index contributed by atoms with van der Waals surface area (Å²) in [5, 5.41) is 2.70. The number of carbonyl (C=O) groups is 2. The lowest BCUT2D eigenvalue weighted by atomic mass is 10.0. The molecule has 3 heteroatoms. The summed E-state index contributed by atoms with van der Waals surface area (Å²) < 4.78 is 0. The number of allylic oxidation sites excluding steroid dienone is 1. The first-order chi connectivity index (χ1) is 10.1. The largest absolute Gasteiger partial charge is 0.326 e. The van der Waals surface area contributed by atoms with Crippen molar-refractivity contribution in [2.24, 2.45) is 0 Å². The molecule has 0 heterocycles. The number of nitrogens with one attached hydrogen (secondary N) is 1. The zero-order valence-electron chi connectivity index (χ0n) is 12.1. The Hall–Kier alpha value is -2.68. The standard InChI is InChI=1S/C18H17NO2/c1-13-8-10-16(17(12-13)19-14(2)20)18(21)11-9-15-6-4-3-5-7-15/h3-12H,1-2H3,(H,19,20)/b11-9+. The highest BCUT2D eigenvalue weighted by Gasteiger charge is 2.10. The van der Waals surface area contributed by atoms with Gasteiger partial charge in [-0.1, -0.05) is 42.5 Å². The fourth-order valence-corrected chi connectivity index (χ4v) is 1.99. The summed E-state index contributed by atoms with van der Waals surface area (Å²) in [6.45, 7) is 3.34. The molecule has 1 N–H and O–H groups in total. The molecule has 0 bridgehead atoms. The third kappa shape index (κ3) is 4.14. The molecule has 0 radical (unpaired) electrons. The molecular weight excluding hydrogens is 262 g/mol. The Balaban J connectivity index is 2.26. The average Bonchev–Trinajstić information content (AvgIpc) is 2.45. The Labute approximate surface area is 124 Å². The number of ketones is 1. The number of hydrogen-bond acceptors (Lipinski definition) is 2. The van der Waals surface area contributed by atoms with Gasteiger partial charge in [-0.25, -0.2) is 0 Å². The topological polar surface area (TPSA) is 46.2 Å². The van der Waals surface area contributed by atoms with Crippen molar-refractivity contribution in [2.75, 3.05) is 5.32 Å². The maximum absolute atomic E-state index is 12.3. The molecule has 0 fully saturated rings. The second-order valence-corrected chi connectivity index (χ2v) is 4.84. The third-order valence-electron chi connectivity index (χ3n) is 2.98. The van der Waals surface area contributed by atoms with Gasteiger partial charge in [-0.2, -0.15) is 0 Å². The Morgan fingerprint density at radius 2 is 1.76 bits per heavy atom. The van der Waals surface area contributed by atoms with Crippen molar-refractivity contribution in [3.8, 4) is 0 Å². The van der Waals surface area contributed by atoms with Gasteiger partial charge in [0, 0.05) is 12.5 Å². The molecule has 0 aromatic heterocycles. The number of carbonyl (C=O) groups excluding carboxylic acids is 2. The maximum atomic E-state index is 12.3. The summed E-state index contributed by atoms with van der Waals surface area (Å²) in [5.74, 6) is -0.329. The van der Waals surface area contributed by atoms with Gasteiger partial charge in [0.15, 0.2) is 5.78 Å². The molecule has 0 saturated carbocycles. The molecule has 2 rings (SSSR count). The predicted molar refractivity (Wildman–Crippen MR) is 85.3 cm³/mol. The molecule has 3 nitrogen and oxygen atoms in total. The van der Waals surface area contributed by atoms with E-state index in [1.54, 1.807) is 18.2 Å². The quantitative estimate of drug-likeness (QED) is 0.682. The van der Waals surface area contributed by atoms with Gasteiger partial charge >= 0.3 is 0 Å². The van der Waals surface area contributed by atoms with Crippen LogP contribution in [0.25, 0.3) is 6.08 Å². The van der Waals surface area contributed by atoms with E-state index < -0.39 is 0 Å². The van der Waals surface area contributed by atoms with Crippen LogP contribution in [0.15, 0.2) is 54.6 Å². The van der Waals surface area contributed by atoms with E-state index in [1.807, 2.05) is 43.3 Å². The Bertz CT molecular complexity index is 688. The summed E-state index contributed by atoms with van der Waals surface area (Å²) in [6, 6.07) is 15.0. The summed E-state index contributed by atoms with van der Waals surface area (Å²) in [7, 11) is 0. The number of benzene rings is 2. The van der Waals surface area contributed by atoms with Crippen molar-refractivity contribution < 1.29 is 9.59 Å². The van der Waals surface area contributed by atoms with Crippen LogP contribution in [0.5, 0.6) is 0 Å². The van der Waals surface area contributed by atoms with E-state index in [4.69, 9.17) is 0 Å². The molecule has 0 atom stereocenters. The summed E-state index contributed by atoms with van der Waals surface area (Å²) >= 11 is 0. The Morgan fingerprint density at radius 3 is 2.43 bits per heavy atom. The number of hydrogen-bond donors (Lipinski definition) is 1. The zero-order chi connectivity index (χ0) is 15.2. The Morgan fingerprint density at radius 1 is 1.05 bits per heavy atom. The van der Waals surface area contributed by atoms with Crippen molar-refractivity contribution in [2.45, 2.75) is 13.8 Å². The first kappa shape index (κ1) is 14.7.